The Hall–Kier alpha value is -1.73. The minimum absolute atomic E-state index is 0.193. The van der Waals surface area contributed by atoms with Crippen LogP contribution in [0, 0.1) is 0 Å². The van der Waals surface area contributed by atoms with E-state index in [2.05, 4.69) is 30.5 Å². The molecule has 9 heteroatoms. The number of phosphoric ester groups is 1. The Morgan fingerprint density at radius 1 is 0.519 bits per heavy atom. The summed E-state index contributed by atoms with van der Waals surface area (Å²) in [5.41, 5.74) is 0. The van der Waals surface area contributed by atoms with Crippen molar-refractivity contribution in [1.82, 2.24) is 0 Å². The van der Waals surface area contributed by atoms with Gasteiger partial charge in [-0.05, 0) is 44.9 Å². The van der Waals surface area contributed by atoms with Gasteiger partial charge in [-0.2, -0.15) is 0 Å². The van der Waals surface area contributed by atoms with Crippen molar-refractivity contribution in [3.63, 3.8) is 0 Å². The molecule has 0 radical (unpaired) electrons. The highest BCUT2D eigenvalue weighted by Crippen LogP contribution is 2.36. The first kappa shape index (κ1) is 52.3. The topological polar surface area (TPSA) is 119 Å². The van der Waals surface area contributed by atoms with E-state index in [0.717, 1.165) is 32.1 Å². The second kappa shape index (κ2) is 40.9. The molecule has 0 bridgehead atoms. The van der Waals surface area contributed by atoms with E-state index in [1.54, 1.807) is 6.08 Å². The molecule has 0 heterocycles. The second-order valence-electron chi connectivity index (χ2n) is 15.1. The first-order chi connectivity index (χ1) is 26.3. The molecule has 0 aliphatic rings. The van der Waals surface area contributed by atoms with Gasteiger partial charge < -0.3 is 19.3 Å². The van der Waals surface area contributed by atoms with Gasteiger partial charge in [0.25, 0.3) is 0 Å². The van der Waals surface area contributed by atoms with Crippen LogP contribution in [0.5, 0.6) is 0 Å². The van der Waals surface area contributed by atoms with Gasteiger partial charge >= 0.3 is 19.8 Å². The number of rotatable bonds is 41. The van der Waals surface area contributed by atoms with Crippen LogP contribution < -0.4 is 0 Å². The van der Waals surface area contributed by atoms with Crippen LogP contribution in [0.15, 0.2) is 36.5 Å². The summed E-state index contributed by atoms with van der Waals surface area (Å²) >= 11 is 0. The molecule has 0 spiro atoms. The maximum Gasteiger partial charge on any atom is 0.469 e. The van der Waals surface area contributed by atoms with Crippen LogP contribution in [0.1, 0.15) is 219 Å². The number of hydrogen-bond acceptors (Lipinski definition) is 6. The predicted molar refractivity (Wildman–Crippen MR) is 225 cm³/mol. The number of esters is 2. The summed E-state index contributed by atoms with van der Waals surface area (Å²) in [6, 6.07) is 0. The normalized spacial score (nSPS) is 12.7. The van der Waals surface area contributed by atoms with Gasteiger partial charge in [0.15, 0.2) is 6.10 Å². The summed E-state index contributed by atoms with van der Waals surface area (Å²) in [4.78, 5) is 42.8. The molecule has 8 nitrogen and oxygen atoms in total. The lowest BCUT2D eigenvalue weighted by atomic mass is 10.0. The van der Waals surface area contributed by atoms with Crippen LogP contribution in [-0.2, 0) is 28.2 Å². The predicted octanol–water partition coefficient (Wildman–Crippen LogP) is 13.7. The summed E-state index contributed by atoms with van der Waals surface area (Å²) in [6.07, 6.45) is 49.3. The van der Waals surface area contributed by atoms with Gasteiger partial charge in [0, 0.05) is 12.5 Å². The molecular formula is C45H83O8P. The molecular weight excluding hydrogens is 699 g/mol. The first-order valence-electron chi connectivity index (χ1n) is 22.3. The Morgan fingerprint density at radius 2 is 0.907 bits per heavy atom. The average molecular weight is 783 g/mol. The van der Waals surface area contributed by atoms with Gasteiger partial charge in [0.1, 0.15) is 6.61 Å². The van der Waals surface area contributed by atoms with Gasteiger partial charge in [-0.15, -0.1) is 0 Å². The minimum Gasteiger partial charge on any atom is -0.458 e. The van der Waals surface area contributed by atoms with Crippen molar-refractivity contribution in [2.75, 3.05) is 13.2 Å². The summed E-state index contributed by atoms with van der Waals surface area (Å²) < 4.78 is 26.2. The van der Waals surface area contributed by atoms with E-state index in [0.29, 0.717) is 6.42 Å². The van der Waals surface area contributed by atoms with Gasteiger partial charge in [-0.25, -0.2) is 9.36 Å². The van der Waals surface area contributed by atoms with E-state index < -0.39 is 32.5 Å². The molecule has 54 heavy (non-hydrogen) atoms. The summed E-state index contributed by atoms with van der Waals surface area (Å²) in [5, 5.41) is 0. The lowest BCUT2D eigenvalue weighted by Crippen LogP contribution is -2.29. The van der Waals surface area contributed by atoms with E-state index in [1.807, 2.05) is 12.2 Å². The zero-order chi connectivity index (χ0) is 39.6. The lowest BCUT2D eigenvalue weighted by molar-refractivity contribution is -0.159. The fourth-order valence-electron chi connectivity index (χ4n) is 6.40. The molecule has 0 fully saturated rings. The standard InChI is InChI=1S/C45H83O8P/c1-3-5-7-9-11-13-15-17-19-20-21-22-23-24-26-28-30-32-34-36-38-40-45(47)53-43(42-52-54(48,49)50)41-51-44(46)39-37-35-33-31-29-27-25-18-16-14-12-10-8-6-4-2/h17,19,33,35,37,39,43H,3-16,18,20-32,34,36,38,40-42H2,1-2H3,(H2,48,49,50)/b19-17+,35-33+,39-37+/t43-/m1/s1. The van der Waals surface area contributed by atoms with E-state index >= 15 is 0 Å². The molecule has 0 rings (SSSR count). The SMILES string of the molecule is CCCCCCCC/C=C/CCCCCCCCCCCCCC(=O)O[C@H](COC(=O)/C=C/C=C/CCCCCCCCCCCCC)COP(=O)(O)O. The maximum atomic E-state index is 12.4. The van der Waals surface area contributed by atoms with E-state index in [9.17, 15) is 14.2 Å². The third-order valence-corrected chi connectivity index (χ3v) is 10.2. The molecule has 0 aromatic heterocycles. The first-order valence-corrected chi connectivity index (χ1v) is 23.9. The molecule has 316 valence electrons. The molecule has 2 N–H and O–H groups in total. The van der Waals surface area contributed by atoms with Crippen LogP contribution in [0.3, 0.4) is 0 Å². The average Bonchev–Trinajstić information content (AvgIpc) is 3.14. The van der Waals surface area contributed by atoms with Crippen molar-refractivity contribution in [2.24, 2.45) is 0 Å². The largest absolute Gasteiger partial charge is 0.469 e. The molecule has 0 saturated heterocycles. The van der Waals surface area contributed by atoms with Crippen LogP contribution in [-0.4, -0.2) is 41.0 Å². The Kier molecular flexibility index (Phi) is 39.6. The number of carbonyl (C=O) groups is 2. The van der Waals surface area contributed by atoms with Crippen molar-refractivity contribution < 1.29 is 37.9 Å². The van der Waals surface area contributed by atoms with Gasteiger partial charge in [-0.3, -0.25) is 9.32 Å². The number of unbranched alkanes of at least 4 members (excludes halogenated alkanes) is 28. The molecule has 0 aliphatic heterocycles. The van der Waals surface area contributed by atoms with E-state index in [1.165, 1.54) is 167 Å². The van der Waals surface area contributed by atoms with Crippen LogP contribution >= 0.6 is 7.82 Å². The Balaban J connectivity index is 3.93. The Labute approximate surface area is 332 Å². The number of phosphoric acid groups is 1. The molecule has 0 aromatic rings. The van der Waals surface area contributed by atoms with Crippen molar-refractivity contribution in [1.29, 1.82) is 0 Å². The fraction of sp³-hybridized carbons (Fsp3) is 0.822. The molecule has 0 amide bonds. The number of allylic oxidation sites excluding steroid dienone is 5. The third kappa shape index (κ3) is 43.0. The zero-order valence-electron chi connectivity index (χ0n) is 34.9. The monoisotopic (exact) mass is 783 g/mol. The van der Waals surface area contributed by atoms with Crippen molar-refractivity contribution in [3.8, 4) is 0 Å². The molecule has 0 saturated carbocycles. The number of carbonyl (C=O) groups excluding carboxylic acids is 2. The highest BCUT2D eigenvalue weighted by molar-refractivity contribution is 7.46. The van der Waals surface area contributed by atoms with Crippen LogP contribution in [0.4, 0.5) is 0 Å². The zero-order valence-corrected chi connectivity index (χ0v) is 35.8. The quantitative estimate of drug-likeness (QED) is 0.0157. The maximum absolute atomic E-state index is 12.4. The second-order valence-corrected chi connectivity index (χ2v) is 16.3. The van der Waals surface area contributed by atoms with Crippen molar-refractivity contribution in [3.05, 3.63) is 36.5 Å². The smallest absolute Gasteiger partial charge is 0.458 e. The van der Waals surface area contributed by atoms with Crippen molar-refractivity contribution >= 4 is 19.8 Å². The Morgan fingerprint density at radius 3 is 1.33 bits per heavy atom. The highest BCUT2D eigenvalue weighted by atomic mass is 31.2. The van der Waals surface area contributed by atoms with E-state index in [-0.39, 0.29) is 13.0 Å². The third-order valence-electron chi connectivity index (χ3n) is 9.73. The van der Waals surface area contributed by atoms with Crippen LogP contribution in [0.25, 0.3) is 0 Å². The van der Waals surface area contributed by atoms with Gasteiger partial charge in [0.2, 0.25) is 0 Å². The van der Waals surface area contributed by atoms with Gasteiger partial charge in [-0.1, -0.05) is 198 Å². The van der Waals surface area contributed by atoms with Gasteiger partial charge in [0.05, 0.1) is 6.61 Å². The molecule has 1 atom stereocenters. The number of ether oxygens (including phenoxy) is 2. The molecule has 0 aromatic carbocycles. The Bertz CT molecular complexity index is 973. The highest BCUT2D eigenvalue weighted by Gasteiger charge is 2.22. The van der Waals surface area contributed by atoms with E-state index in [4.69, 9.17) is 19.3 Å². The summed E-state index contributed by atoms with van der Waals surface area (Å²) in [6.45, 7) is 3.59. The van der Waals surface area contributed by atoms with Crippen LogP contribution in [0.2, 0.25) is 0 Å². The minimum atomic E-state index is -4.77. The summed E-state index contributed by atoms with van der Waals surface area (Å²) in [5.74, 6) is -1.13. The fourth-order valence-corrected chi connectivity index (χ4v) is 6.76. The lowest BCUT2D eigenvalue weighted by Gasteiger charge is -2.18. The molecule has 0 aliphatic carbocycles. The summed E-state index contributed by atoms with van der Waals surface area (Å²) in [7, 11) is -4.77. The number of hydrogen-bond donors (Lipinski definition) is 2. The van der Waals surface area contributed by atoms with Crippen molar-refractivity contribution in [2.45, 2.75) is 225 Å². The molecule has 0 unspecified atom stereocenters.